The highest BCUT2D eigenvalue weighted by atomic mass is 16.6. The molecule has 1 N–H and O–H groups in total. The van der Waals surface area contributed by atoms with Crippen LogP contribution in [-0.4, -0.2) is 58.5 Å². The van der Waals surface area contributed by atoms with E-state index in [-0.39, 0.29) is 11.6 Å². The molecule has 7 heteroatoms. The predicted molar refractivity (Wildman–Crippen MR) is 86.0 cm³/mol. The normalized spacial score (nSPS) is 17.6. The van der Waals surface area contributed by atoms with Crippen LogP contribution in [0.1, 0.15) is 31.4 Å². The minimum Gasteiger partial charge on any atom is -0.387 e. The maximum absolute atomic E-state index is 11.8. The molecule has 1 atom stereocenters. The number of aliphatic hydroxyl groups excluding tert-OH is 1. The van der Waals surface area contributed by atoms with Crippen molar-refractivity contribution in [2.24, 2.45) is 0 Å². The lowest BCUT2D eigenvalue weighted by Gasteiger charge is -2.24. The Morgan fingerprint density at radius 1 is 1.35 bits per heavy atom. The van der Waals surface area contributed by atoms with E-state index >= 15 is 0 Å². The molecule has 0 bridgehead atoms. The Balaban J connectivity index is 1.95. The van der Waals surface area contributed by atoms with Gasteiger partial charge in [-0.1, -0.05) is 19.1 Å². The molecule has 1 unspecified atom stereocenters. The van der Waals surface area contributed by atoms with E-state index in [1.807, 2.05) is 11.8 Å². The van der Waals surface area contributed by atoms with Gasteiger partial charge in [0.15, 0.2) is 0 Å². The molecule has 1 heterocycles. The van der Waals surface area contributed by atoms with Gasteiger partial charge < -0.3 is 10.0 Å². The Morgan fingerprint density at radius 3 is 2.83 bits per heavy atom. The fourth-order valence-electron chi connectivity index (χ4n) is 2.82. The number of aliphatic hydroxyl groups is 1. The summed E-state index contributed by atoms with van der Waals surface area (Å²) in [5.74, 6) is 0.158. The van der Waals surface area contributed by atoms with Gasteiger partial charge in [0.05, 0.1) is 11.0 Å². The fraction of sp³-hybridized carbons (Fsp3) is 0.562. The van der Waals surface area contributed by atoms with Crippen molar-refractivity contribution < 1.29 is 14.8 Å². The van der Waals surface area contributed by atoms with Crippen molar-refractivity contribution in [3.05, 3.63) is 39.9 Å². The molecule has 2 rings (SSSR count). The van der Waals surface area contributed by atoms with Crippen molar-refractivity contribution in [1.29, 1.82) is 0 Å². The van der Waals surface area contributed by atoms with Crippen LogP contribution in [-0.2, 0) is 4.79 Å². The molecule has 1 amide bonds. The summed E-state index contributed by atoms with van der Waals surface area (Å²) in [5.41, 5.74) is 0.530. The van der Waals surface area contributed by atoms with Gasteiger partial charge >= 0.3 is 0 Å². The summed E-state index contributed by atoms with van der Waals surface area (Å²) in [6.07, 6.45) is 0.604. The first kappa shape index (κ1) is 17.4. The monoisotopic (exact) mass is 321 g/mol. The molecule has 126 valence electrons. The fourth-order valence-corrected chi connectivity index (χ4v) is 2.82. The van der Waals surface area contributed by atoms with Gasteiger partial charge in [-0.05, 0) is 12.0 Å². The number of benzene rings is 1. The van der Waals surface area contributed by atoms with Gasteiger partial charge in [0, 0.05) is 51.3 Å². The van der Waals surface area contributed by atoms with E-state index in [1.165, 1.54) is 12.1 Å². The van der Waals surface area contributed by atoms with Crippen molar-refractivity contribution in [2.75, 3.05) is 32.7 Å². The molecule has 0 radical (unpaired) electrons. The van der Waals surface area contributed by atoms with Gasteiger partial charge in [-0.25, -0.2) is 0 Å². The minimum atomic E-state index is -0.775. The van der Waals surface area contributed by atoms with Crippen LogP contribution in [0.4, 0.5) is 5.69 Å². The minimum absolute atomic E-state index is 0.0165. The topological polar surface area (TPSA) is 86.9 Å². The molecular formula is C16H23N3O4. The summed E-state index contributed by atoms with van der Waals surface area (Å²) in [6.45, 7) is 5.19. The van der Waals surface area contributed by atoms with Gasteiger partial charge in [0.25, 0.3) is 5.69 Å². The molecule has 23 heavy (non-hydrogen) atoms. The van der Waals surface area contributed by atoms with Crippen molar-refractivity contribution >= 4 is 11.6 Å². The van der Waals surface area contributed by atoms with E-state index in [1.54, 1.807) is 12.1 Å². The first-order valence-corrected chi connectivity index (χ1v) is 7.93. The second-order valence-electron chi connectivity index (χ2n) is 5.76. The first-order chi connectivity index (χ1) is 11.0. The molecule has 1 aliphatic rings. The number of nitrogens with zero attached hydrogens (tertiary/aromatic N) is 3. The van der Waals surface area contributed by atoms with Crippen molar-refractivity contribution in [3.63, 3.8) is 0 Å². The van der Waals surface area contributed by atoms with Crippen LogP contribution in [0, 0.1) is 10.1 Å². The molecule has 0 saturated carbocycles. The zero-order valence-electron chi connectivity index (χ0n) is 13.4. The smallest absolute Gasteiger partial charge is 0.269 e. The molecule has 1 fully saturated rings. The Morgan fingerprint density at radius 2 is 2.13 bits per heavy atom. The number of hydrogen-bond acceptors (Lipinski definition) is 5. The zero-order chi connectivity index (χ0) is 16.8. The molecular weight excluding hydrogens is 298 g/mol. The SMILES string of the molecule is CCC(=O)N1CCCN(CC(O)c2cccc([N+](=O)[O-])c2)CC1. The third kappa shape index (κ3) is 4.74. The molecule has 1 aromatic rings. The van der Waals surface area contributed by atoms with Gasteiger partial charge in [-0.3, -0.25) is 19.8 Å². The summed E-state index contributed by atoms with van der Waals surface area (Å²) in [6, 6.07) is 6.11. The zero-order valence-corrected chi connectivity index (χ0v) is 13.4. The van der Waals surface area contributed by atoms with Crippen LogP contribution in [0.3, 0.4) is 0 Å². The van der Waals surface area contributed by atoms with E-state index in [4.69, 9.17) is 0 Å². The lowest BCUT2D eigenvalue weighted by Crippen LogP contribution is -2.36. The van der Waals surface area contributed by atoms with E-state index in [0.717, 1.165) is 19.5 Å². The number of β-amino-alcohol motifs (C(OH)–C–C–N with tert-alkyl or cyclic N) is 1. The van der Waals surface area contributed by atoms with Gasteiger partial charge in [0.1, 0.15) is 0 Å². The maximum Gasteiger partial charge on any atom is 0.269 e. The van der Waals surface area contributed by atoms with Crippen LogP contribution in [0.15, 0.2) is 24.3 Å². The van der Waals surface area contributed by atoms with Crippen LogP contribution in [0.25, 0.3) is 0 Å². The predicted octanol–water partition coefficient (Wildman–Crippen LogP) is 1.57. The van der Waals surface area contributed by atoms with E-state index in [9.17, 15) is 20.0 Å². The molecule has 0 spiro atoms. The number of non-ortho nitro benzene ring substituents is 1. The third-order valence-electron chi connectivity index (χ3n) is 4.14. The summed E-state index contributed by atoms with van der Waals surface area (Å²) in [5, 5.41) is 21.2. The highest BCUT2D eigenvalue weighted by molar-refractivity contribution is 5.75. The van der Waals surface area contributed by atoms with Crippen molar-refractivity contribution in [3.8, 4) is 0 Å². The molecule has 0 aliphatic carbocycles. The maximum atomic E-state index is 11.8. The number of carbonyl (C=O) groups excluding carboxylic acids is 1. The number of hydrogen-bond donors (Lipinski definition) is 1. The quantitative estimate of drug-likeness (QED) is 0.657. The van der Waals surface area contributed by atoms with Gasteiger partial charge in [-0.15, -0.1) is 0 Å². The van der Waals surface area contributed by atoms with Gasteiger partial charge in [0.2, 0.25) is 5.91 Å². The number of rotatable bonds is 5. The Kier molecular flexibility index (Phi) is 6.06. The standard InChI is InChI=1S/C16H23N3O4/c1-2-16(21)18-8-4-7-17(9-10-18)12-15(20)13-5-3-6-14(11-13)19(22)23/h3,5-6,11,15,20H,2,4,7-10,12H2,1H3. The summed E-state index contributed by atoms with van der Waals surface area (Å²) in [4.78, 5) is 26.1. The number of amides is 1. The van der Waals surface area contributed by atoms with Crippen LogP contribution in [0.5, 0.6) is 0 Å². The van der Waals surface area contributed by atoms with Crippen LogP contribution < -0.4 is 0 Å². The Bertz CT molecular complexity index is 564. The average molecular weight is 321 g/mol. The van der Waals surface area contributed by atoms with E-state index in [0.29, 0.717) is 31.6 Å². The second-order valence-corrected chi connectivity index (χ2v) is 5.76. The van der Waals surface area contributed by atoms with E-state index in [2.05, 4.69) is 4.90 Å². The van der Waals surface area contributed by atoms with Gasteiger partial charge in [-0.2, -0.15) is 0 Å². The molecule has 0 aromatic heterocycles. The van der Waals surface area contributed by atoms with E-state index < -0.39 is 11.0 Å². The average Bonchev–Trinajstić information content (AvgIpc) is 2.79. The number of nitro groups is 1. The Hall–Kier alpha value is -1.99. The molecule has 1 aromatic carbocycles. The van der Waals surface area contributed by atoms with Crippen molar-refractivity contribution in [2.45, 2.75) is 25.9 Å². The molecule has 7 nitrogen and oxygen atoms in total. The molecule has 1 saturated heterocycles. The summed E-state index contributed by atoms with van der Waals surface area (Å²) >= 11 is 0. The lowest BCUT2D eigenvalue weighted by molar-refractivity contribution is -0.385. The van der Waals surface area contributed by atoms with Crippen LogP contribution >= 0.6 is 0 Å². The third-order valence-corrected chi connectivity index (χ3v) is 4.14. The van der Waals surface area contributed by atoms with Crippen LogP contribution in [0.2, 0.25) is 0 Å². The lowest BCUT2D eigenvalue weighted by atomic mass is 10.1. The van der Waals surface area contributed by atoms with Crippen molar-refractivity contribution in [1.82, 2.24) is 9.80 Å². The number of carbonyl (C=O) groups is 1. The Labute approximate surface area is 135 Å². The highest BCUT2D eigenvalue weighted by Crippen LogP contribution is 2.20. The highest BCUT2D eigenvalue weighted by Gasteiger charge is 2.21. The molecule has 1 aliphatic heterocycles. The second kappa shape index (κ2) is 8.03. The number of nitro benzene ring substituents is 1. The summed E-state index contributed by atoms with van der Waals surface area (Å²) < 4.78 is 0. The largest absolute Gasteiger partial charge is 0.387 e. The first-order valence-electron chi connectivity index (χ1n) is 7.93. The summed E-state index contributed by atoms with van der Waals surface area (Å²) in [7, 11) is 0.